The fraction of sp³-hybridized carbons (Fsp3) is 0.500. The number of nitrogens with one attached hydrogen (secondary N) is 1. The first-order valence-corrected chi connectivity index (χ1v) is 7.18. The normalized spacial score (nSPS) is 12.5. The molecule has 100 valence electrons. The van der Waals surface area contributed by atoms with Gasteiger partial charge in [0.15, 0.2) is 0 Å². The highest BCUT2D eigenvalue weighted by Crippen LogP contribution is 2.30. The molecule has 0 spiro atoms. The molecule has 0 fully saturated rings. The van der Waals surface area contributed by atoms with Gasteiger partial charge in [-0.2, -0.15) is 0 Å². The van der Waals surface area contributed by atoms with Crippen LogP contribution in [0.5, 0.6) is 0 Å². The molecule has 0 saturated carbocycles. The van der Waals surface area contributed by atoms with Gasteiger partial charge in [-0.25, -0.2) is 0 Å². The van der Waals surface area contributed by atoms with Crippen LogP contribution in [0, 0.1) is 0 Å². The van der Waals surface area contributed by atoms with Crippen molar-refractivity contribution in [2.45, 2.75) is 49.8 Å². The van der Waals surface area contributed by atoms with Gasteiger partial charge in [-0.15, -0.1) is 11.8 Å². The summed E-state index contributed by atoms with van der Waals surface area (Å²) in [6.07, 6.45) is 1.18. The van der Waals surface area contributed by atoms with Crippen molar-refractivity contribution < 1.29 is 4.79 Å². The summed E-state index contributed by atoms with van der Waals surface area (Å²) in [4.78, 5) is 12.9. The van der Waals surface area contributed by atoms with Crippen LogP contribution in [-0.4, -0.2) is 17.2 Å². The molecule has 1 aromatic carbocycles. The molecule has 0 heterocycles. The van der Waals surface area contributed by atoms with E-state index in [1.165, 1.54) is 0 Å². The minimum Gasteiger partial charge on any atom is -0.328 e. The summed E-state index contributed by atoms with van der Waals surface area (Å²) >= 11 is 1.75. The van der Waals surface area contributed by atoms with Crippen molar-refractivity contribution >= 4 is 23.4 Å². The Bertz CT molecular complexity index is 391. The number of hydrogen-bond acceptors (Lipinski definition) is 3. The number of carbonyl (C=O) groups excluding carboxylic acids is 1. The quantitative estimate of drug-likeness (QED) is 0.777. The van der Waals surface area contributed by atoms with Gasteiger partial charge in [-0.3, -0.25) is 4.79 Å². The van der Waals surface area contributed by atoms with Crippen LogP contribution in [0.3, 0.4) is 0 Å². The second-order valence-corrected chi connectivity index (χ2v) is 6.35. The SMILES string of the molecule is CC(N)CCC(=O)Nc1ccccc1SC(C)C. The molecule has 1 aromatic rings. The molecule has 0 saturated heterocycles. The Labute approximate surface area is 114 Å². The highest BCUT2D eigenvalue weighted by molar-refractivity contribution is 8.00. The minimum atomic E-state index is 0.0316. The van der Waals surface area contributed by atoms with E-state index in [4.69, 9.17) is 5.73 Å². The number of para-hydroxylation sites is 1. The average Bonchev–Trinajstić information content (AvgIpc) is 2.28. The molecule has 4 heteroatoms. The second-order valence-electron chi connectivity index (χ2n) is 4.73. The van der Waals surface area contributed by atoms with Gasteiger partial charge in [0.25, 0.3) is 0 Å². The topological polar surface area (TPSA) is 55.1 Å². The van der Waals surface area contributed by atoms with E-state index in [1.54, 1.807) is 11.8 Å². The third-order valence-corrected chi connectivity index (χ3v) is 3.43. The van der Waals surface area contributed by atoms with E-state index < -0.39 is 0 Å². The number of nitrogens with two attached hydrogens (primary N) is 1. The predicted octanol–water partition coefficient (Wildman–Crippen LogP) is 3.25. The van der Waals surface area contributed by atoms with Crippen molar-refractivity contribution in [3.8, 4) is 0 Å². The Morgan fingerprint density at radius 1 is 1.33 bits per heavy atom. The smallest absolute Gasteiger partial charge is 0.224 e. The van der Waals surface area contributed by atoms with Crippen molar-refractivity contribution in [1.82, 2.24) is 0 Å². The van der Waals surface area contributed by atoms with Crippen LogP contribution in [0.25, 0.3) is 0 Å². The van der Waals surface area contributed by atoms with E-state index in [0.717, 1.165) is 10.6 Å². The summed E-state index contributed by atoms with van der Waals surface area (Å²) in [5.74, 6) is 0.0316. The van der Waals surface area contributed by atoms with Gasteiger partial charge in [-0.1, -0.05) is 26.0 Å². The van der Waals surface area contributed by atoms with E-state index in [9.17, 15) is 4.79 Å². The van der Waals surface area contributed by atoms with Gasteiger partial charge < -0.3 is 11.1 Å². The van der Waals surface area contributed by atoms with Crippen LogP contribution in [0.15, 0.2) is 29.2 Å². The van der Waals surface area contributed by atoms with Gasteiger partial charge in [-0.05, 0) is 25.5 Å². The maximum Gasteiger partial charge on any atom is 0.224 e. The maximum atomic E-state index is 11.8. The van der Waals surface area contributed by atoms with Crippen LogP contribution >= 0.6 is 11.8 Å². The van der Waals surface area contributed by atoms with E-state index >= 15 is 0 Å². The summed E-state index contributed by atoms with van der Waals surface area (Å²) in [5, 5.41) is 3.45. The molecule has 3 N–H and O–H groups in total. The van der Waals surface area contributed by atoms with Crippen LogP contribution in [0.2, 0.25) is 0 Å². The standard InChI is InChI=1S/C14H22N2OS/c1-10(2)18-13-7-5-4-6-12(13)16-14(17)9-8-11(3)15/h4-7,10-11H,8-9,15H2,1-3H3,(H,16,17). The van der Waals surface area contributed by atoms with Crippen molar-refractivity contribution in [2.24, 2.45) is 5.73 Å². The highest BCUT2D eigenvalue weighted by atomic mass is 32.2. The molecule has 1 unspecified atom stereocenters. The molecule has 0 aliphatic heterocycles. The summed E-state index contributed by atoms with van der Waals surface area (Å²) in [6.45, 7) is 6.19. The van der Waals surface area contributed by atoms with Gasteiger partial charge in [0, 0.05) is 22.6 Å². The Morgan fingerprint density at radius 2 is 2.00 bits per heavy atom. The first kappa shape index (κ1) is 15.1. The molecule has 0 radical (unpaired) electrons. The van der Waals surface area contributed by atoms with Gasteiger partial charge in [0.05, 0.1) is 5.69 Å². The number of benzene rings is 1. The lowest BCUT2D eigenvalue weighted by atomic mass is 10.2. The van der Waals surface area contributed by atoms with Crippen molar-refractivity contribution in [1.29, 1.82) is 0 Å². The molecule has 0 bridgehead atoms. The Hall–Kier alpha value is -1.00. The van der Waals surface area contributed by atoms with Crippen molar-refractivity contribution in [2.75, 3.05) is 5.32 Å². The Morgan fingerprint density at radius 3 is 2.61 bits per heavy atom. The van der Waals surface area contributed by atoms with E-state index in [0.29, 0.717) is 18.1 Å². The third-order valence-electron chi connectivity index (χ3n) is 2.35. The summed E-state index contributed by atoms with van der Waals surface area (Å²) in [5.41, 5.74) is 6.54. The minimum absolute atomic E-state index is 0.0316. The van der Waals surface area contributed by atoms with Crippen LogP contribution in [-0.2, 0) is 4.79 Å². The lowest BCUT2D eigenvalue weighted by molar-refractivity contribution is -0.116. The number of thioether (sulfide) groups is 1. The van der Waals surface area contributed by atoms with E-state index in [2.05, 4.69) is 19.2 Å². The first-order valence-electron chi connectivity index (χ1n) is 6.30. The zero-order chi connectivity index (χ0) is 13.5. The van der Waals surface area contributed by atoms with Gasteiger partial charge in [0.2, 0.25) is 5.91 Å². The zero-order valence-corrected chi connectivity index (χ0v) is 12.1. The largest absolute Gasteiger partial charge is 0.328 e. The molecular weight excluding hydrogens is 244 g/mol. The molecule has 1 amide bonds. The highest BCUT2D eigenvalue weighted by Gasteiger charge is 2.08. The van der Waals surface area contributed by atoms with Gasteiger partial charge in [0.1, 0.15) is 0 Å². The summed E-state index contributed by atoms with van der Waals surface area (Å²) < 4.78 is 0. The lowest BCUT2D eigenvalue weighted by Gasteiger charge is -2.12. The van der Waals surface area contributed by atoms with E-state index in [1.807, 2.05) is 31.2 Å². The fourth-order valence-electron chi connectivity index (χ4n) is 1.50. The molecule has 0 aromatic heterocycles. The fourth-order valence-corrected chi connectivity index (χ4v) is 2.41. The third kappa shape index (κ3) is 5.56. The zero-order valence-electron chi connectivity index (χ0n) is 11.3. The molecule has 0 aliphatic carbocycles. The number of anilines is 1. The summed E-state index contributed by atoms with van der Waals surface area (Å²) in [7, 11) is 0. The number of rotatable bonds is 6. The number of amides is 1. The lowest BCUT2D eigenvalue weighted by Crippen LogP contribution is -2.19. The molecule has 0 aliphatic rings. The van der Waals surface area contributed by atoms with Crippen molar-refractivity contribution in [3.05, 3.63) is 24.3 Å². The molecule has 3 nitrogen and oxygen atoms in total. The number of hydrogen-bond donors (Lipinski definition) is 2. The van der Waals surface area contributed by atoms with Gasteiger partial charge >= 0.3 is 0 Å². The van der Waals surface area contributed by atoms with Crippen LogP contribution < -0.4 is 11.1 Å². The molecule has 18 heavy (non-hydrogen) atoms. The second kappa shape index (κ2) is 7.44. The first-order chi connectivity index (χ1) is 8.49. The predicted molar refractivity (Wildman–Crippen MR) is 78.9 cm³/mol. The molecule has 1 rings (SSSR count). The Kier molecular flexibility index (Phi) is 6.22. The number of carbonyl (C=O) groups is 1. The maximum absolute atomic E-state index is 11.8. The molecular formula is C14H22N2OS. The van der Waals surface area contributed by atoms with Crippen LogP contribution in [0.4, 0.5) is 5.69 Å². The Balaban J connectivity index is 2.63. The monoisotopic (exact) mass is 266 g/mol. The van der Waals surface area contributed by atoms with E-state index in [-0.39, 0.29) is 11.9 Å². The average molecular weight is 266 g/mol. The molecule has 1 atom stereocenters. The van der Waals surface area contributed by atoms with Crippen molar-refractivity contribution in [3.63, 3.8) is 0 Å². The van der Waals surface area contributed by atoms with Crippen LogP contribution in [0.1, 0.15) is 33.6 Å². The summed E-state index contributed by atoms with van der Waals surface area (Å²) in [6, 6.07) is 7.96.